The molecule has 1 amide bonds. The van der Waals surface area contributed by atoms with Gasteiger partial charge in [-0.2, -0.15) is 0 Å². The van der Waals surface area contributed by atoms with Crippen LogP contribution >= 0.6 is 0 Å². The molecule has 3 rings (SSSR count). The van der Waals surface area contributed by atoms with E-state index in [1.165, 1.54) is 12.8 Å². The maximum atomic E-state index is 12.5. The maximum absolute atomic E-state index is 12.5. The minimum absolute atomic E-state index is 0.00679. The van der Waals surface area contributed by atoms with Gasteiger partial charge in [0.15, 0.2) is 0 Å². The Hall–Kier alpha value is -3.03. The predicted molar refractivity (Wildman–Crippen MR) is 141 cm³/mol. The third kappa shape index (κ3) is 9.26. The summed E-state index contributed by atoms with van der Waals surface area (Å²) < 4.78 is 0. The molecule has 0 bridgehead atoms. The molecule has 2 aromatic heterocycles. The van der Waals surface area contributed by atoms with Crippen LogP contribution in [0.2, 0.25) is 0 Å². The Morgan fingerprint density at radius 3 is 2.43 bits per heavy atom. The van der Waals surface area contributed by atoms with E-state index in [-0.39, 0.29) is 11.9 Å². The van der Waals surface area contributed by atoms with Gasteiger partial charge in [-0.25, -0.2) is 4.98 Å². The first-order chi connectivity index (χ1) is 17.2. The summed E-state index contributed by atoms with van der Waals surface area (Å²) >= 11 is 0. The first kappa shape index (κ1) is 26.6. The molecule has 1 aromatic carbocycles. The standard InChI is InChI=1S/C28H40N6O/c1-3-18-34(19-4-2)20-8-7-15-32-28(35)24-12-10-23(11-13-24)22-33-26(21-27-30-16-17-31-27)25-9-5-6-14-29-25/h5-6,9-14,16-17,26,33H,3-4,7-8,15,18-22H2,1-2H3,(H,30,31)(H,32,35). The van der Waals surface area contributed by atoms with E-state index in [1.54, 1.807) is 6.20 Å². The van der Waals surface area contributed by atoms with Crippen LogP contribution in [0.25, 0.3) is 0 Å². The van der Waals surface area contributed by atoms with Crippen molar-refractivity contribution in [2.75, 3.05) is 26.2 Å². The number of nitrogens with one attached hydrogen (secondary N) is 3. The minimum Gasteiger partial charge on any atom is -0.352 e. The lowest BCUT2D eigenvalue weighted by atomic mass is 10.1. The average Bonchev–Trinajstić information content (AvgIpc) is 3.40. The van der Waals surface area contributed by atoms with Crippen LogP contribution in [0.3, 0.4) is 0 Å². The van der Waals surface area contributed by atoms with Crippen molar-refractivity contribution < 1.29 is 4.79 Å². The van der Waals surface area contributed by atoms with Crippen molar-refractivity contribution in [2.45, 2.75) is 58.5 Å². The van der Waals surface area contributed by atoms with Crippen molar-refractivity contribution in [1.82, 2.24) is 30.5 Å². The second-order valence-electron chi connectivity index (χ2n) is 8.93. The number of amides is 1. The van der Waals surface area contributed by atoms with Gasteiger partial charge in [0.2, 0.25) is 0 Å². The SMILES string of the molecule is CCCN(CCC)CCCCNC(=O)c1ccc(CNC(Cc2ncc[nH]2)c2ccccn2)cc1. The summed E-state index contributed by atoms with van der Waals surface area (Å²) in [5, 5.41) is 6.65. The Morgan fingerprint density at radius 2 is 1.77 bits per heavy atom. The molecular formula is C28H40N6O. The monoisotopic (exact) mass is 476 g/mol. The number of pyridine rings is 1. The highest BCUT2D eigenvalue weighted by molar-refractivity contribution is 5.94. The van der Waals surface area contributed by atoms with Crippen LogP contribution in [0.5, 0.6) is 0 Å². The molecule has 0 aliphatic heterocycles. The quantitative estimate of drug-likeness (QED) is 0.265. The fourth-order valence-corrected chi connectivity index (χ4v) is 4.21. The van der Waals surface area contributed by atoms with Gasteiger partial charge in [0.25, 0.3) is 5.91 Å². The van der Waals surface area contributed by atoms with Crippen LogP contribution in [0.4, 0.5) is 0 Å². The molecule has 0 spiro atoms. The number of carbonyl (C=O) groups excluding carboxylic acids is 1. The lowest BCUT2D eigenvalue weighted by Crippen LogP contribution is -2.28. The molecule has 0 saturated carbocycles. The number of H-pyrrole nitrogens is 1. The lowest BCUT2D eigenvalue weighted by molar-refractivity contribution is 0.0952. The molecule has 2 heterocycles. The number of aromatic nitrogens is 3. The predicted octanol–water partition coefficient (Wildman–Crippen LogP) is 4.51. The molecule has 7 heteroatoms. The Bertz CT molecular complexity index is 953. The molecule has 0 radical (unpaired) electrons. The van der Waals surface area contributed by atoms with Gasteiger partial charge in [0.05, 0.1) is 11.7 Å². The second-order valence-corrected chi connectivity index (χ2v) is 8.93. The van der Waals surface area contributed by atoms with Crippen LogP contribution in [0.15, 0.2) is 61.1 Å². The first-order valence-electron chi connectivity index (χ1n) is 12.9. The van der Waals surface area contributed by atoms with Crippen molar-refractivity contribution in [3.05, 3.63) is 83.7 Å². The van der Waals surface area contributed by atoms with Crippen LogP contribution in [-0.2, 0) is 13.0 Å². The van der Waals surface area contributed by atoms with E-state index < -0.39 is 0 Å². The Kier molecular flexibility index (Phi) is 11.4. The van der Waals surface area contributed by atoms with Gasteiger partial charge >= 0.3 is 0 Å². The maximum Gasteiger partial charge on any atom is 0.251 e. The number of hydrogen-bond donors (Lipinski definition) is 3. The number of unbranched alkanes of at least 4 members (excludes halogenated alkanes) is 1. The minimum atomic E-state index is -0.00679. The van der Waals surface area contributed by atoms with E-state index in [9.17, 15) is 4.79 Å². The first-order valence-corrected chi connectivity index (χ1v) is 12.9. The summed E-state index contributed by atoms with van der Waals surface area (Å²) in [6, 6.07) is 13.8. The van der Waals surface area contributed by atoms with Crippen LogP contribution in [-0.4, -0.2) is 51.9 Å². The number of hydrogen-bond acceptors (Lipinski definition) is 5. The number of imidazole rings is 1. The summed E-state index contributed by atoms with van der Waals surface area (Å²) in [4.78, 5) is 27.1. The highest BCUT2D eigenvalue weighted by Crippen LogP contribution is 2.16. The summed E-state index contributed by atoms with van der Waals surface area (Å²) in [5.74, 6) is 0.913. The molecule has 0 saturated heterocycles. The molecule has 3 aromatic rings. The number of rotatable bonds is 16. The van der Waals surface area contributed by atoms with E-state index in [0.717, 1.165) is 56.0 Å². The van der Waals surface area contributed by atoms with Crippen LogP contribution < -0.4 is 10.6 Å². The highest BCUT2D eigenvalue weighted by atomic mass is 16.1. The van der Waals surface area contributed by atoms with Crippen molar-refractivity contribution in [1.29, 1.82) is 0 Å². The van der Waals surface area contributed by atoms with E-state index in [4.69, 9.17) is 0 Å². The average molecular weight is 477 g/mol. The number of nitrogens with zero attached hydrogens (tertiary/aromatic N) is 3. The van der Waals surface area contributed by atoms with Gasteiger partial charge < -0.3 is 20.5 Å². The molecule has 0 aliphatic rings. The molecule has 1 unspecified atom stereocenters. The van der Waals surface area contributed by atoms with Gasteiger partial charge in [-0.15, -0.1) is 0 Å². The lowest BCUT2D eigenvalue weighted by Gasteiger charge is -2.20. The smallest absolute Gasteiger partial charge is 0.251 e. The summed E-state index contributed by atoms with van der Waals surface area (Å²) in [7, 11) is 0. The van der Waals surface area contributed by atoms with E-state index in [0.29, 0.717) is 18.7 Å². The van der Waals surface area contributed by atoms with Gasteiger partial charge in [-0.1, -0.05) is 32.0 Å². The van der Waals surface area contributed by atoms with Gasteiger partial charge in [-0.3, -0.25) is 9.78 Å². The Balaban J connectivity index is 1.44. The third-order valence-electron chi connectivity index (χ3n) is 6.03. The molecule has 0 aliphatic carbocycles. The molecule has 3 N–H and O–H groups in total. The largest absolute Gasteiger partial charge is 0.352 e. The van der Waals surface area contributed by atoms with E-state index >= 15 is 0 Å². The molecule has 7 nitrogen and oxygen atoms in total. The van der Waals surface area contributed by atoms with Crippen molar-refractivity contribution in [2.24, 2.45) is 0 Å². The fourth-order valence-electron chi connectivity index (χ4n) is 4.21. The Morgan fingerprint density at radius 1 is 0.971 bits per heavy atom. The number of carbonyl (C=O) groups is 1. The van der Waals surface area contributed by atoms with Gasteiger partial charge in [-0.05, 0) is 75.1 Å². The Labute approximate surface area is 209 Å². The van der Waals surface area contributed by atoms with Crippen LogP contribution in [0.1, 0.15) is 73.0 Å². The third-order valence-corrected chi connectivity index (χ3v) is 6.03. The van der Waals surface area contributed by atoms with Crippen molar-refractivity contribution in [3.8, 4) is 0 Å². The molecule has 35 heavy (non-hydrogen) atoms. The topological polar surface area (TPSA) is 85.9 Å². The molecule has 1 atom stereocenters. The molecule has 188 valence electrons. The van der Waals surface area contributed by atoms with Crippen LogP contribution in [0, 0.1) is 0 Å². The van der Waals surface area contributed by atoms with E-state index in [1.807, 2.05) is 54.9 Å². The molecular weight excluding hydrogens is 436 g/mol. The summed E-state index contributed by atoms with van der Waals surface area (Å²) in [5.41, 5.74) is 2.80. The fraction of sp³-hybridized carbons (Fsp3) is 0.464. The zero-order valence-corrected chi connectivity index (χ0v) is 21.2. The number of aromatic amines is 1. The summed E-state index contributed by atoms with van der Waals surface area (Å²) in [6.45, 7) is 9.27. The second kappa shape index (κ2) is 15.1. The molecule has 0 fully saturated rings. The van der Waals surface area contributed by atoms with E-state index in [2.05, 4.69) is 44.3 Å². The zero-order valence-electron chi connectivity index (χ0n) is 21.2. The van der Waals surface area contributed by atoms with Gasteiger partial charge in [0, 0.05) is 43.7 Å². The zero-order chi connectivity index (χ0) is 24.7. The van der Waals surface area contributed by atoms with Crippen molar-refractivity contribution >= 4 is 5.91 Å². The summed E-state index contributed by atoms with van der Waals surface area (Å²) in [6.07, 6.45) is 10.6. The normalized spacial score (nSPS) is 12.1. The van der Waals surface area contributed by atoms with Crippen molar-refractivity contribution in [3.63, 3.8) is 0 Å². The highest BCUT2D eigenvalue weighted by Gasteiger charge is 2.15. The number of benzene rings is 1. The van der Waals surface area contributed by atoms with Gasteiger partial charge in [0.1, 0.15) is 5.82 Å².